The van der Waals surface area contributed by atoms with Gasteiger partial charge in [-0.3, -0.25) is 4.79 Å². The van der Waals surface area contributed by atoms with Crippen molar-refractivity contribution in [2.75, 3.05) is 6.54 Å². The fourth-order valence-electron chi connectivity index (χ4n) is 2.19. The second kappa shape index (κ2) is 7.17. The maximum absolute atomic E-state index is 13.6. The second-order valence-corrected chi connectivity index (χ2v) is 5.46. The van der Waals surface area contributed by atoms with Crippen LogP contribution in [-0.4, -0.2) is 28.8 Å². The molecule has 0 aliphatic heterocycles. The van der Waals surface area contributed by atoms with Crippen molar-refractivity contribution in [3.8, 4) is 11.3 Å². The predicted molar refractivity (Wildman–Crippen MR) is 79.7 cm³/mol. The zero-order valence-corrected chi connectivity index (χ0v) is 12.5. The minimum atomic E-state index is -0.434. The Balaban J connectivity index is 1.99. The molecule has 2 rings (SSSR count). The van der Waals surface area contributed by atoms with Gasteiger partial charge in [0, 0.05) is 12.6 Å². The third-order valence-corrected chi connectivity index (χ3v) is 3.24. The Hall–Kier alpha value is -2.21. The van der Waals surface area contributed by atoms with Gasteiger partial charge in [0.15, 0.2) is 11.5 Å². The van der Waals surface area contributed by atoms with E-state index < -0.39 is 11.9 Å². The van der Waals surface area contributed by atoms with Crippen LogP contribution in [0, 0.1) is 11.7 Å². The molecule has 2 unspecified atom stereocenters. The van der Waals surface area contributed by atoms with Crippen molar-refractivity contribution >= 4 is 5.91 Å². The summed E-state index contributed by atoms with van der Waals surface area (Å²) in [4.78, 5) is 12.0. The number of aliphatic hydroxyl groups is 1. The highest BCUT2D eigenvalue weighted by atomic mass is 19.1. The van der Waals surface area contributed by atoms with E-state index in [-0.39, 0.29) is 28.8 Å². The zero-order chi connectivity index (χ0) is 16.1. The smallest absolute Gasteiger partial charge is 0.273 e. The van der Waals surface area contributed by atoms with Gasteiger partial charge in [0.05, 0.1) is 11.7 Å². The van der Waals surface area contributed by atoms with Crippen LogP contribution in [0.2, 0.25) is 0 Å². The molecule has 1 heterocycles. The summed E-state index contributed by atoms with van der Waals surface area (Å²) < 4.78 is 18.7. The van der Waals surface area contributed by atoms with Gasteiger partial charge in [-0.15, -0.1) is 0 Å². The molecule has 0 spiro atoms. The van der Waals surface area contributed by atoms with Crippen LogP contribution in [0.25, 0.3) is 11.3 Å². The molecule has 2 aromatic rings. The third kappa shape index (κ3) is 4.14. The molecule has 1 amide bonds. The summed E-state index contributed by atoms with van der Waals surface area (Å²) in [5.74, 6) is -0.470. The summed E-state index contributed by atoms with van der Waals surface area (Å²) >= 11 is 0. The number of hydrogen-bond donors (Lipinski definition) is 2. The molecule has 1 aromatic carbocycles. The summed E-state index contributed by atoms with van der Waals surface area (Å²) in [7, 11) is 0. The molecule has 2 N–H and O–H groups in total. The number of amides is 1. The number of carbonyl (C=O) groups is 1. The number of nitrogens with zero attached hydrogens (tertiary/aromatic N) is 1. The number of nitrogens with one attached hydrogen (secondary N) is 1. The van der Waals surface area contributed by atoms with Crippen LogP contribution in [0.15, 0.2) is 34.9 Å². The molecular weight excluding hydrogens is 287 g/mol. The highest BCUT2D eigenvalue weighted by Crippen LogP contribution is 2.23. The number of carbonyl (C=O) groups excluding carboxylic acids is 1. The highest BCUT2D eigenvalue weighted by Gasteiger charge is 2.16. The van der Waals surface area contributed by atoms with E-state index in [9.17, 15) is 14.3 Å². The van der Waals surface area contributed by atoms with E-state index in [1.54, 1.807) is 25.1 Å². The van der Waals surface area contributed by atoms with E-state index >= 15 is 0 Å². The van der Waals surface area contributed by atoms with Crippen molar-refractivity contribution in [3.05, 3.63) is 41.8 Å². The lowest BCUT2D eigenvalue weighted by atomic mass is 10.0. The summed E-state index contributed by atoms with van der Waals surface area (Å²) in [5.41, 5.74) is 0.360. The van der Waals surface area contributed by atoms with Crippen molar-refractivity contribution in [1.29, 1.82) is 0 Å². The van der Waals surface area contributed by atoms with Crippen LogP contribution in [0.1, 0.15) is 30.8 Å². The molecule has 0 saturated carbocycles. The van der Waals surface area contributed by atoms with Gasteiger partial charge in [-0.25, -0.2) is 4.39 Å². The molecule has 0 aliphatic rings. The van der Waals surface area contributed by atoms with Gasteiger partial charge in [0.2, 0.25) is 0 Å². The van der Waals surface area contributed by atoms with Gasteiger partial charge in [0.25, 0.3) is 5.91 Å². The Morgan fingerprint density at radius 3 is 2.82 bits per heavy atom. The minimum absolute atomic E-state index is 0.0995. The van der Waals surface area contributed by atoms with E-state index in [4.69, 9.17) is 4.52 Å². The van der Waals surface area contributed by atoms with Crippen LogP contribution in [-0.2, 0) is 0 Å². The maximum Gasteiger partial charge on any atom is 0.273 e. The zero-order valence-electron chi connectivity index (χ0n) is 12.5. The lowest BCUT2D eigenvalue weighted by Crippen LogP contribution is -2.29. The first-order chi connectivity index (χ1) is 10.5. The highest BCUT2D eigenvalue weighted by molar-refractivity contribution is 5.93. The molecule has 22 heavy (non-hydrogen) atoms. The summed E-state index contributed by atoms with van der Waals surface area (Å²) in [6.07, 6.45) is 0.186. The first-order valence-electron chi connectivity index (χ1n) is 7.15. The molecule has 0 radical (unpaired) electrons. The molecule has 0 aliphatic carbocycles. The van der Waals surface area contributed by atoms with E-state index in [1.807, 2.05) is 6.92 Å². The van der Waals surface area contributed by atoms with Gasteiger partial charge in [0.1, 0.15) is 5.82 Å². The van der Waals surface area contributed by atoms with Gasteiger partial charge >= 0.3 is 0 Å². The summed E-state index contributed by atoms with van der Waals surface area (Å²) in [6, 6.07) is 7.54. The molecule has 5 nitrogen and oxygen atoms in total. The maximum atomic E-state index is 13.6. The van der Waals surface area contributed by atoms with E-state index in [0.29, 0.717) is 13.0 Å². The van der Waals surface area contributed by atoms with Crippen molar-refractivity contribution in [2.24, 2.45) is 5.92 Å². The fraction of sp³-hybridized carbons (Fsp3) is 0.375. The molecule has 6 heteroatoms. The quantitative estimate of drug-likeness (QED) is 0.860. The second-order valence-electron chi connectivity index (χ2n) is 5.46. The van der Waals surface area contributed by atoms with Gasteiger partial charge < -0.3 is 14.9 Å². The number of rotatable bonds is 6. The average Bonchev–Trinajstić information content (AvgIpc) is 2.94. The molecule has 0 saturated heterocycles. The average molecular weight is 306 g/mol. The van der Waals surface area contributed by atoms with Gasteiger partial charge in [-0.1, -0.05) is 24.2 Å². The Labute approximate surface area is 128 Å². The Morgan fingerprint density at radius 1 is 1.41 bits per heavy atom. The van der Waals surface area contributed by atoms with Crippen LogP contribution in [0.3, 0.4) is 0 Å². The molecular formula is C16H19FN2O3. The van der Waals surface area contributed by atoms with Crippen molar-refractivity contribution in [3.63, 3.8) is 0 Å². The van der Waals surface area contributed by atoms with E-state index in [0.717, 1.165) is 0 Å². The summed E-state index contributed by atoms with van der Waals surface area (Å²) in [6.45, 7) is 4.06. The number of benzene rings is 1. The Morgan fingerprint density at radius 2 is 2.14 bits per heavy atom. The van der Waals surface area contributed by atoms with Crippen molar-refractivity contribution in [2.45, 2.75) is 26.4 Å². The minimum Gasteiger partial charge on any atom is -0.393 e. The number of halogens is 1. The molecule has 0 fully saturated rings. The summed E-state index contributed by atoms with van der Waals surface area (Å²) in [5, 5.41) is 15.7. The monoisotopic (exact) mass is 306 g/mol. The number of aromatic nitrogens is 1. The lowest BCUT2D eigenvalue weighted by molar-refractivity contribution is 0.0930. The third-order valence-electron chi connectivity index (χ3n) is 3.24. The predicted octanol–water partition coefficient (Wildman–Crippen LogP) is 2.62. The normalized spacial score (nSPS) is 13.6. The molecule has 118 valence electrons. The molecule has 0 bridgehead atoms. The van der Waals surface area contributed by atoms with Gasteiger partial charge in [-0.05, 0) is 31.4 Å². The van der Waals surface area contributed by atoms with Crippen LogP contribution >= 0.6 is 0 Å². The number of aliphatic hydroxyl groups excluding tert-OH is 1. The van der Waals surface area contributed by atoms with Crippen LogP contribution in [0.5, 0.6) is 0 Å². The molecule has 2 atom stereocenters. The van der Waals surface area contributed by atoms with Crippen molar-refractivity contribution in [1.82, 2.24) is 10.5 Å². The van der Waals surface area contributed by atoms with E-state index in [2.05, 4.69) is 10.5 Å². The first kappa shape index (κ1) is 16.2. The number of hydrogen-bond acceptors (Lipinski definition) is 4. The largest absolute Gasteiger partial charge is 0.393 e. The lowest BCUT2D eigenvalue weighted by Gasteiger charge is -2.13. The molecule has 1 aromatic heterocycles. The van der Waals surface area contributed by atoms with Crippen LogP contribution < -0.4 is 5.32 Å². The SMILES string of the molecule is CC(O)CC(C)CNC(=O)c1cc(-c2ccccc2F)on1. The standard InChI is InChI=1S/C16H19FN2O3/c1-10(7-11(2)20)9-18-16(21)14-8-15(22-19-14)12-5-3-4-6-13(12)17/h3-6,8,10-11,20H,7,9H2,1-2H3,(H,18,21). The van der Waals surface area contributed by atoms with E-state index in [1.165, 1.54) is 12.1 Å². The first-order valence-corrected chi connectivity index (χ1v) is 7.15. The Kier molecular flexibility index (Phi) is 5.27. The topological polar surface area (TPSA) is 75.4 Å². The van der Waals surface area contributed by atoms with Crippen LogP contribution in [0.4, 0.5) is 4.39 Å². The Bertz CT molecular complexity index is 640. The van der Waals surface area contributed by atoms with Gasteiger partial charge in [-0.2, -0.15) is 0 Å². The van der Waals surface area contributed by atoms with Crippen molar-refractivity contribution < 1.29 is 18.8 Å². The fourth-order valence-corrected chi connectivity index (χ4v) is 2.19.